The number of nitrogens with zero attached hydrogens (tertiary/aromatic N) is 2. The van der Waals surface area contributed by atoms with E-state index in [9.17, 15) is 26.4 Å². The van der Waals surface area contributed by atoms with Crippen LogP contribution >= 0.6 is 45.9 Å². The summed E-state index contributed by atoms with van der Waals surface area (Å²) in [7, 11) is -7.57. The van der Waals surface area contributed by atoms with E-state index >= 15 is 0 Å². The molecular weight excluding hydrogens is 796 g/mol. The number of hydrogen-bond acceptors (Lipinski definition) is 13. The molecule has 0 aliphatic heterocycles. The maximum atomic E-state index is 12.5. The van der Waals surface area contributed by atoms with Crippen molar-refractivity contribution in [3.05, 3.63) is 104 Å². The Hall–Kier alpha value is -4.00. The number of rotatable bonds is 14. The van der Waals surface area contributed by atoms with E-state index < -0.39 is 26.0 Å². The Kier molecular flexibility index (Phi) is 14.2. The van der Waals surface area contributed by atoms with Gasteiger partial charge in [0, 0.05) is 45.0 Å². The molecule has 3 heterocycles. The third-order valence-corrected chi connectivity index (χ3v) is 12.9. The molecule has 2 N–H and O–H groups in total. The number of sulfonamides is 2. The van der Waals surface area contributed by atoms with Crippen LogP contribution in [0.3, 0.4) is 0 Å². The first kappa shape index (κ1) is 40.8. The largest absolute Gasteiger partial charge is 0.465 e. The molecule has 0 saturated heterocycles. The summed E-state index contributed by atoms with van der Waals surface area (Å²) in [6.45, 7) is 7.17. The second kappa shape index (κ2) is 18.2. The summed E-state index contributed by atoms with van der Waals surface area (Å²) < 4.78 is 70.1. The van der Waals surface area contributed by atoms with Crippen molar-refractivity contribution >= 4 is 88.1 Å². The Morgan fingerprint density at radius 2 is 1.25 bits per heavy atom. The SMILES string of the molecule is Cc1c(Cl)cccc1S(=O)(=O)Nc1ncc(CCOC(=O)C(C)C)s1.Cc1c(Cl)cccc1S(=O)(=O)Nc1ncc(CCOC(=O)c2ccco2)s1. The lowest BCUT2D eigenvalue weighted by molar-refractivity contribution is -0.147. The fourth-order valence-electron chi connectivity index (χ4n) is 4.17. The van der Waals surface area contributed by atoms with E-state index in [0.717, 1.165) is 21.1 Å². The number of furan rings is 1. The number of hydrogen-bond donors (Lipinski definition) is 2. The quantitative estimate of drug-likeness (QED) is 0.105. The summed E-state index contributed by atoms with van der Waals surface area (Å²) in [5.74, 6) is -0.863. The highest BCUT2D eigenvalue weighted by Gasteiger charge is 2.21. The summed E-state index contributed by atoms with van der Waals surface area (Å²) in [4.78, 5) is 33.0. The van der Waals surface area contributed by atoms with Gasteiger partial charge in [-0.3, -0.25) is 14.2 Å². The molecule has 0 aliphatic rings. The number of ether oxygens (including phenoxy) is 2. The summed E-state index contributed by atoms with van der Waals surface area (Å²) >= 11 is 14.3. The van der Waals surface area contributed by atoms with Crippen LogP contribution in [0.15, 0.2) is 81.4 Å². The van der Waals surface area contributed by atoms with Crippen LogP contribution in [0.2, 0.25) is 10.0 Å². The van der Waals surface area contributed by atoms with Crippen molar-refractivity contribution in [2.75, 3.05) is 22.7 Å². The van der Waals surface area contributed by atoms with E-state index in [0.29, 0.717) is 34.0 Å². The number of esters is 2. The summed E-state index contributed by atoms with van der Waals surface area (Å²) in [5.41, 5.74) is 0.947. The minimum Gasteiger partial charge on any atom is -0.465 e. The molecule has 52 heavy (non-hydrogen) atoms. The van der Waals surface area contributed by atoms with Crippen molar-refractivity contribution in [1.82, 2.24) is 9.97 Å². The molecule has 2 aromatic carbocycles. The second-order valence-corrected chi connectivity index (χ2v) is 17.5. The van der Waals surface area contributed by atoms with Gasteiger partial charge in [0.05, 0.1) is 35.2 Å². The highest BCUT2D eigenvalue weighted by atomic mass is 35.5. The van der Waals surface area contributed by atoms with Crippen LogP contribution in [0.1, 0.15) is 45.3 Å². The maximum absolute atomic E-state index is 12.5. The van der Waals surface area contributed by atoms with Gasteiger partial charge in [-0.2, -0.15) is 0 Å². The number of aromatic nitrogens is 2. The lowest BCUT2D eigenvalue weighted by Gasteiger charge is -2.09. The van der Waals surface area contributed by atoms with Gasteiger partial charge in [-0.05, 0) is 61.4 Å². The zero-order valence-corrected chi connectivity index (χ0v) is 33.0. The standard InChI is InChI=1S/C17H15ClN2O5S2.C16H19ClN2O4S2/c1-11-13(18)4-2-6-15(11)27(22,23)20-17-19-10-12(26-17)7-9-25-16(21)14-5-3-8-24-14;1-10(2)15(20)23-8-7-12-9-18-16(24-12)19-25(21,22)14-6-4-5-13(17)11(14)3/h2-6,8,10H,7,9H2,1H3,(H,19,20);4-6,9-10H,7-8H2,1-3H3,(H,18,19). The van der Waals surface area contributed by atoms with E-state index in [-0.39, 0.29) is 50.9 Å². The molecule has 0 radical (unpaired) electrons. The number of thiazole rings is 2. The summed E-state index contributed by atoms with van der Waals surface area (Å²) in [6, 6.07) is 12.5. The molecule has 13 nitrogen and oxygen atoms in total. The van der Waals surface area contributed by atoms with E-state index in [1.807, 2.05) is 0 Å². The van der Waals surface area contributed by atoms with Crippen LogP contribution in [0.5, 0.6) is 0 Å². The molecule has 0 amide bonds. The number of carbonyl (C=O) groups is 2. The first-order valence-electron chi connectivity index (χ1n) is 15.4. The van der Waals surface area contributed by atoms with Crippen LogP contribution < -0.4 is 9.44 Å². The number of nitrogens with one attached hydrogen (secondary N) is 2. The number of halogens is 2. The molecule has 0 spiro atoms. The van der Waals surface area contributed by atoms with Crippen LogP contribution in [0, 0.1) is 19.8 Å². The minimum atomic E-state index is -3.80. The predicted octanol–water partition coefficient (Wildman–Crippen LogP) is 7.55. The monoisotopic (exact) mass is 828 g/mol. The molecular formula is C33H34Cl2N4O9S4. The van der Waals surface area contributed by atoms with Gasteiger partial charge in [0.1, 0.15) is 0 Å². The number of carbonyl (C=O) groups excluding carboxylic acids is 2. The summed E-state index contributed by atoms with van der Waals surface area (Å²) in [6.07, 6.45) is 5.38. The molecule has 278 valence electrons. The summed E-state index contributed by atoms with van der Waals surface area (Å²) in [5, 5.41) is 1.23. The van der Waals surface area contributed by atoms with E-state index in [1.165, 1.54) is 42.0 Å². The molecule has 5 aromatic rings. The first-order valence-corrected chi connectivity index (χ1v) is 20.8. The normalized spacial score (nSPS) is 11.4. The number of benzene rings is 2. The van der Waals surface area contributed by atoms with Gasteiger partial charge in [0.2, 0.25) is 5.76 Å². The molecule has 0 fully saturated rings. The van der Waals surface area contributed by atoms with Crippen LogP contribution in [-0.4, -0.2) is 52.0 Å². The smallest absolute Gasteiger partial charge is 0.374 e. The molecule has 0 bridgehead atoms. The van der Waals surface area contributed by atoms with Crippen LogP contribution in [0.4, 0.5) is 10.3 Å². The zero-order chi connectivity index (χ0) is 38.1. The number of anilines is 2. The molecule has 0 unspecified atom stereocenters. The van der Waals surface area contributed by atoms with Gasteiger partial charge < -0.3 is 13.9 Å². The fraction of sp³-hybridized carbons (Fsp3) is 0.273. The third-order valence-electron chi connectivity index (χ3n) is 6.93. The highest BCUT2D eigenvalue weighted by molar-refractivity contribution is 7.93. The predicted molar refractivity (Wildman–Crippen MR) is 200 cm³/mol. The maximum Gasteiger partial charge on any atom is 0.374 e. The Bertz CT molecular complexity index is 2220. The van der Waals surface area contributed by atoms with Crippen LogP contribution in [0.25, 0.3) is 0 Å². The third kappa shape index (κ3) is 11.2. The van der Waals surface area contributed by atoms with Crippen molar-refractivity contribution in [1.29, 1.82) is 0 Å². The van der Waals surface area contributed by atoms with E-state index in [2.05, 4.69) is 19.4 Å². The second-order valence-electron chi connectivity index (χ2n) is 11.1. The lowest BCUT2D eigenvalue weighted by atomic mass is 10.2. The molecule has 5 rings (SSSR count). The molecule has 0 saturated carbocycles. The molecule has 0 aliphatic carbocycles. The molecule has 3 aromatic heterocycles. The van der Waals surface area contributed by atoms with E-state index in [1.54, 1.807) is 64.2 Å². The zero-order valence-electron chi connectivity index (χ0n) is 28.2. The topological polar surface area (TPSA) is 184 Å². The Morgan fingerprint density at radius 1 is 0.769 bits per heavy atom. The Labute approximate surface area is 319 Å². The first-order chi connectivity index (χ1) is 24.6. The highest BCUT2D eigenvalue weighted by Crippen LogP contribution is 2.28. The van der Waals surface area contributed by atoms with Gasteiger partial charge in [-0.1, -0.05) is 49.2 Å². The van der Waals surface area contributed by atoms with E-state index in [4.69, 9.17) is 37.1 Å². The van der Waals surface area contributed by atoms with Crippen molar-refractivity contribution in [3.8, 4) is 0 Å². The average Bonchev–Trinajstić information content (AvgIpc) is 3.87. The van der Waals surface area contributed by atoms with Crippen molar-refractivity contribution in [2.24, 2.45) is 5.92 Å². The molecule has 0 atom stereocenters. The average molecular weight is 830 g/mol. The van der Waals surface area contributed by atoms with Crippen molar-refractivity contribution in [2.45, 2.75) is 50.3 Å². The van der Waals surface area contributed by atoms with Gasteiger partial charge in [-0.15, -0.1) is 22.7 Å². The van der Waals surface area contributed by atoms with Gasteiger partial charge in [-0.25, -0.2) is 31.6 Å². The van der Waals surface area contributed by atoms with Crippen molar-refractivity contribution < 1.29 is 40.3 Å². The fourth-order valence-corrected chi connectivity index (χ4v) is 9.24. The van der Waals surface area contributed by atoms with Crippen LogP contribution in [-0.2, 0) is 47.2 Å². The van der Waals surface area contributed by atoms with Gasteiger partial charge >= 0.3 is 11.9 Å². The van der Waals surface area contributed by atoms with Gasteiger partial charge in [0.15, 0.2) is 10.3 Å². The molecule has 19 heteroatoms. The Morgan fingerprint density at radius 3 is 1.69 bits per heavy atom. The van der Waals surface area contributed by atoms with Crippen molar-refractivity contribution in [3.63, 3.8) is 0 Å². The Balaban J connectivity index is 0.000000234. The lowest BCUT2D eigenvalue weighted by Crippen LogP contribution is -2.14. The van der Waals surface area contributed by atoms with Gasteiger partial charge in [0.25, 0.3) is 20.0 Å². The minimum absolute atomic E-state index is 0.0964.